The Bertz CT molecular complexity index is 611. The van der Waals surface area contributed by atoms with E-state index in [1.54, 1.807) is 6.07 Å². The standard InChI is InChI=1S/C14H20FNO4S/c1-10(16-8-14(17)5-6-20-9-14)11-3-4-13(12(15)7-11)21(2,18)19/h3-4,7,10,16-17H,5-6,8-9H2,1-2H3/t10-,14+/m1/s1. The van der Waals surface area contributed by atoms with Gasteiger partial charge in [-0.2, -0.15) is 0 Å². The van der Waals surface area contributed by atoms with Gasteiger partial charge in [0.2, 0.25) is 0 Å². The number of nitrogens with one attached hydrogen (secondary N) is 1. The van der Waals surface area contributed by atoms with Crippen molar-refractivity contribution >= 4 is 9.84 Å². The molecular formula is C14H20FNO4S. The normalized spacial score (nSPS) is 24.2. The second-order valence-electron chi connectivity index (χ2n) is 5.59. The number of benzene rings is 1. The fourth-order valence-corrected chi connectivity index (χ4v) is 3.01. The number of hydrogen-bond acceptors (Lipinski definition) is 5. The minimum absolute atomic E-state index is 0.210. The van der Waals surface area contributed by atoms with Crippen molar-refractivity contribution in [2.24, 2.45) is 0 Å². The van der Waals surface area contributed by atoms with Crippen LogP contribution in [0, 0.1) is 5.82 Å². The number of halogens is 1. The first-order valence-corrected chi connectivity index (χ1v) is 8.63. The van der Waals surface area contributed by atoms with Crippen molar-refractivity contribution in [3.05, 3.63) is 29.6 Å². The monoisotopic (exact) mass is 317 g/mol. The molecule has 0 aliphatic carbocycles. The number of hydrogen-bond donors (Lipinski definition) is 2. The molecule has 1 fully saturated rings. The van der Waals surface area contributed by atoms with Gasteiger partial charge in [0, 0.05) is 31.9 Å². The van der Waals surface area contributed by atoms with E-state index in [0.717, 1.165) is 6.26 Å². The highest BCUT2D eigenvalue weighted by molar-refractivity contribution is 7.90. The third-order valence-corrected chi connectivity index (χ3v) is 4.81. The van der Waals surface area contributed by atoms with E-state index >= 15 is 0 Å². The molecule has 1 aromatic rings. The van der Waals surface area contributed by atoms with Crippen molar-refractivity contribution in [1.29, 1.82) is 0 Å². The number of ether oxygens (including phenoxy) is 1. The Balaban J connectivity index is 2.06. The van der Waals surface area contributed by atoms with E-state index in [9.17, 15) is 17.9 Å². The predicted octanol–water partition coefficient (Wildman–Crippen LogP) is 1.03. The van der Waals surface area contributed by atoms with Gasteiger partial charge in [0.15, 0.2) is 9.84 Å². The van der Waals surface area contributed by atoms with Gasteiger partial charge >= 0.3 is 0 Å². The van der Waals surface area contributed by atoms with Crippen molar-refractivity contribution in [2.75, 3.05) is 26.0 Å². The van der Waals surface area contributed by atoms with Crippen LogP contribution in [0.25, 0.3) is 0 Å². The molecular weight excluding hydrogens is 297 g/mol. The van der Waals surface area contributed by atoms with Crippen LogP contribution in [-0.4, -0.2) is 45.1 Å². The fraction of sp³-hybridized carbons (Fsp3) is 0.571. The van der Waals surface area contributed by atoms with E-state index < -0.39 is 21.3 Å². The Labute approximate surface area is 124 Å². The van der Waals surface area contributed by atoms with Gasteiger partial charge in [-0.1, -0.05) is 6.07 Å². The molecule has 0 amide bonds. The Kier molecular flexibility index (Phi) is 4.67. The Morgan fingerprint density at radius 1 is 1.52 bits per heavy atom. The molecule has 1 aromatic carbocycles. The molecule has 1 saturated heterocycles. The zero-order valence-corrected chi connectivity index (χ0v) is 12.9. The van der Waals surface area contributed by atoms with E-state index in [4.69, 9.17) is 4.74 Å². The highest BCUT2D eigenvalue weighted by Gasteiger charge is 2.32. The first-order chi connectivity index (χ1) is 9.71. The maximum Gasteiger partial charge on any atom is 0.178 e. The van der Waals surface area contributed by atoms with Crippen LogP contribution in [0.2, 0.25) is 0 Å². The summed E-state index contributed by atoms with van der Waals surface area (Å²) >= 11 is 0. The molecule has 1 aliphatic rings. The minimum atomic E-state index is -3.56. The van der Waals surface area contributed by atoms with Crippen LogP contribution >= 0.6 is 0 Å². The Morgan fingerprint density at radius 2 is 2.24 bits per heavy atom. The lowest BCUT2D eigenvalue weighted by atomic mass is 10.0. The van der Waals surface area contributed by atoms with Crippen LogP contribution in [0.1, 0.15) is 24.9 Å². The third-order valence-electron chi connectivity index (χ3n) is 3.68. The van der Waals surface area contributed by atoms with E-state index in [2.05, 4.69) is 5.32 Å². The molecule has 0 bridgehead atoms. The van der Waals surface area contributed by atoms with Crippen molar-refractivity contribution in [3.8, 4) is 0 Å². The molecule has 0 radical (unpaired) electrons. The molecule has 2 N–H and O–H groups in total. The van der Waals surface area contributed by atoms with Crippen molar-refractivity contribution in [3.63, 3.8) is 0 Å². The smallest absolute Gasteiger partial charge is 0.178 e. The second kappa shape index (κ2) is 6.00. The quantitative estimate of drug-likeness (QED) is 0.848. The summed E-state index contributed by atoms with van der Waals surface area (Å²) in [5.74, 6) is -0.758. The number of rotatable bonds is 5. The summed E-state index contributed by atoms with van der Waals surface area (Å²) in [6.45, 7) is 2.98. The molecule has 2 atom stereocenters. The van der Waals surface area contributed by atoms with E-state index in [1.807, 2.05) is 6.92 Å². The molecule has 0 spiro atoms. The lowest BCUT2D eigenvalue weighted by Crippen LogP contribution is -2.41. The predicted molar refractivity (Wildman–Crippen MR) is 76.3 cm³/mol. The minimum Gasteiger partial charge on any atom is -0.386 e. The topological polar surface area (TPSA) is 75.6 Å². The number of sulfone groups is 1. The number of aliphatic hydroxyl groups is 1. The summed E-state index contributed by atoms with van der Waals surface area (Å²) in [6, 6.07) is 3.85. The molecule has 0 unspecified atom stereocenters. The molecule has 118 valence electrons. The molecule has 1 heterocycles. The van der Waals surface area contributed by atoms with Gasteiger partial charge in [-0.3, -0.25) is 0 Å². The van der Waals surface area contributed by atoms with Crippen LogP contribution in [0.15, 0.2) is 23.1 Å². The molecule has 7 heteroatoms. The average Bonchev–Trinajstić information content (AvgIpc) is 2.82. The average molecular weight is 317 g/mol. The van der Waals surface area contributed by atoms with Gasteiger partial charge in [-0.05, 0) is 24.6 Å². The summed E-state index contributed by atoms with van der Waals surface area (Å²) in [4.78, 5) is -0.304. The van der Waals surface area contributed by atoms with E-state index in [-0.39, 0.29) is 17.5 Å². The van der Waals surface area contributed by atoms with Crippen molar-refractivity contribution in [2.45, 2.75) is 29.9 Å². The SMILES string of the molecule is C[C@@H](NC[C@@]1(O)CCOC1)c1ccc(S(C)(=O)=O)c(F)c1. The van der Waals surface area contributed by atoms with Crippen LogP contribution in [0.3, 0.4) is 0 Å². The molecule has 5 nitrogen and oxygen atoms in total. The largest absolute Gasteiger partial charge is 0.386 e. The van der Waals surface area contributed by atoms with Crippen molar-refractivity contribution in [1.82, 2.24) is 5.32 Å². The zero-order valence-electron chi connectivity index (χ0n) is 12.1. The molecule has 21 heavy (non-hydrogen) atoms. The first-order valence-electron chi connectivity index (χ1n) is 6.74. The summed E-state index contributed by atoms with van der Waals surface area (Å²) in [7, 11) is -3.56. The van der Waals surface area contributed by atoms with Gasteiger partial charge in [0.1, 0.15) is 16.3 Å². The molecule has 0 aromatic heterocycles. The first kappa shape index (κ1) is 16.4. The second-order valence-corrected chi connectivity index (χ2v) is 7.58. The van der Waals surface area contributed by atoms with Gasteiger partial charge in [0.05, 0.1) is 6.61 Å². The van der Waals surface area contributed by atoms with Gasteiger partial charge in [-0.25, -0.2) is 12.8 Å². The van der Waals surface area contributed by atoms with Crippen molar-refractivity contribution < 1.29 is 22.7 Å². The lowest BCUT2D eigenvalue weighted by molar-refractivity contribution is 0.0252. The summed E-state index contributed by atoms with van der Waals surface area (Å²) in [5, 5.41) is 13.3. The summed E-state index contributed by atoms with van der Waals surface area (Å²) in [6.07, 6.45) is 1.54. The highest BCUT2D eigenvalue weighted by Crippen LogP contribution is 2.22. The van der Waals surface area contributed by atoms with Crippen LogP contribution in [0.5, 0.6) is 0 Å². The maximum atomic E-state index is 13.8. The van der Waals surface area contributed by atoms with E-state index in [0.29, 0.717) is 25.1 Å². The Hall–Kier alpha value is -1.02. The molecule has 2 rings (SSSR count). The summed E-state index contributed by atoms with van der Waals surface area (Å²) < 4.78 is 41.7. The molecule has 1 aliphatic heterocycles. The third kappa shape index (κ3) is 4.00. The van der Waals surface area contributed by atoms with Crippen LogP contribution in [-0.2, 0) is 14.6 Å². The van der Waals surface area contributed by atoms with Gasteiger partial charge < -0.3 is 15.2 Å². The Morgan fingerprint density at radius 3 is 2.76 bits per heavy atom. The highest BCUT2D eigenvalue weighted by atomic mass is 32.2. The lowest BCUT2D eigenvalue weighted by Gasteiger charge is -2.24. The fourth-order valence-electron chi connectivity index (χ4n) is 2.28. The van der Waals surface area contributed by atoms with Gasteiger partial charge in [0.25, 0.3) is 0 Å². The van der Waals surface area contributed by atoms with Crippen LogP contribution < -0.4 is 5.32 Å². The zero-order chi connectivity index (χ0) is 15.7. The van der Waals surface area contributed by atoms with Crippen LogP contribution in [0.4, 0.5) is 4.39 Å². The molecule has 0 saturated carbocycles. The van der Waals surface area contributed by atoms with Gasteiger partial charge in [-0.15, -0.1) is 0 Å². The van der Waals surface area contributed by atoms with E-state index in [1.165, 1.54) is 12.1 Å². The maximum absolute atomic E-state index is 13.8. The summed E-state index contributed by atoms with van der Waals surface area (Å²) in [5.41, 5.74) is -0.262.